The lowest BCUT2D eigenvalue weighted by Gasteiger charge is -2.29. The number of nitriles is 1. The van der Waals surface area contributed by atoms with E-state index in [9.17, 15) is 4.79 Å². The van der Waals surface area contributed by atoms with Crippen molar-refractivity contribution in [1.82, 2.24) is 4.90 Å². The van der Waals surface area contributed by atoms with Crippen molar-refractivity contribution in [2.24, 2.45) is 0 Å². The maximum Gasteiger partial charge on any atom is 0.241 e. The molecule has 0 aromatic heterocycles. The fourth-order valence-electron chi connectivity index (χ4n) is 3.24. The molecule has 1 unspecified atom stereocenters. The topological polar surface area (TPSA) is 56.6 Å². The lowest BCUT2D eigenvalue weighted by atomic mass is 10.1. The van der Waals surface area contributed by atoms with Crippen LogP contribution < -0.4 is 9.64 Å². The van der Waals surface area contributed by atoms with Gasteiger partial charge in [0.25, 0.3) is 0 Å². The van der Waals surface area contributed by atoms with Crippen molar-refractivity contribution < 1.29 is 9.53 Å². The lowest BCUT2D eigenvalue weighted by Crippen LogP contribution is -2.40. The number of anilines is 1. The summed E-state index contributed by atoms with van der Waals surface area (Å²) in [5.41, 5.74) is 4.17. The number of methoxy groups -OCH3 is 1. The molecule has 5 heteroatoms. The smallest absolute Gasteiger partial charge is 0.241 e. The van der Waals surface area contributed by atoms with Crippen LogP contribution in [0.2, 0.25) is 0 Å². The van der Waals surface area contributed by atoms with Gasteiger partial charge in [0.2, 0.25) is 5.91 Å². The minimum absolute atomic E-state index is 0.0110. The first kappa shape index (κ1) is 21.5. The second kappa shape index (κ2) is 9.91. The third kappa shape index (κ3) is 5.58. The molecule has 0 aliphatic carbocycles. The summed E-state index contributed by atoms with van der Waals surface area (Å²) < 4.78 is 5.21. The minimum atomic E-state index is -0.0110. The van der Waals surface area contributed by atoms with Crippen LogP contribution in [0.15, 0.2) is 42.5 Å². The fraction of sp³-hybridized carbons (Fsp3) is 0.391. The average molecular weight is 380 g/mol. The number of likely N-dealkylation sites (N-methyl/N-ethyl adjacent to an activating group) is 1. The van der Waals surface area contributed by atoms with Crippen molar-refractivity contribution in [2.45, 2.75) is 33.2 Å². The van der Waals surface area contributed by atoms with Gasteiger partial charge in [-0.2, -0.15) is 5.26 Å². The third-order valence-electron chi connectivity index (χ3n) is 4.91. The Hall–Kier alpha value is -2.84. The van der Waals surface area contributed by atoms with Gasteiger partial charge in [-0.3, -0.25) is 9.69 Å². The summed E-state index contributed by atoms with van der Waals surface area (Å²) in [7, 11) is 3.59. The van der Waals surface area contributed by atoms with Crippen LogP contribution in [-0.2, 0) is 4.79 Å². The molecule has 2 aromatic rings. The highest BCUT2D eigenvalue weighted by atomic mass is 16.5. The SMILES string of the molecule is COc1ccc(C(C)N(C)CC(=O)N(CCC#N)c2cc(C)cc(C)c2)cc1. The summed E-state index contributed by atoms with van der Waals surface area (Å²) in [5, 5.41) is 9.01. The second-order valence-corrected chi connectivity index (χ2v) is 7.16. The van der Waals surface area contributed by atoms with E-state index in [4.69, 9.17) is 10.00 Å². The van der Waals surface area contributed by atoms with Gasteiger partial charge in [-0.05, 0) is 68.8 Å². The zero-order valence-corrected chi connectivity index (χ0v) is 17.4. The molecule has 0 aliphatic rings. The molecule has 28 heavy (non-hydrogen) atoms. The molecule has 148 valence electrons. The minimum Gasteiger partial charge on any atom is -0.497 e. The van der Waals surface area contributed by atoms with Crippen molar-refractivity contribution in [2.75, 3.05) is 32.1 Å². The summed E-state index contributed by atoms with van der Waals surface area (Å²) in [6.07, 6.45) is 0.302. The predicted octanol–water partition coefficient (Wildman–Crippen LogP) is 4.25. The van der Waals surface area contributed by atoms with Gasteiger partial charge in [0, 0.05) is 18.3 Å². The molecule has 0 N–H and O–H groups in total. The monoisotopic (exact) mass is 379 g/mol. The van der Waals surface area contributed by atoms with Crippen molar-refractivity contribution in [1.29, 1.82) is 5.26 Å². The first-order valence-corrected chi connectivity index (χ1v) is 9.45. The Morgan fingerprint density at radius 3 is 2.29 bits per heavy atom. The van der Waals surface area contributed by atoms with E-state index in [1.54, 1.807) is 12.0 Å². The number of hydrogen-bond acceptors (Lipinski definition) is 4. The second-order valence-electron chi connectivity index (χ2n) is 7.16. The number of carbonyl (C=O) groups excluding carboxylic acids is 1. The van der Waals surface area contributed by atoms with Gasteiger partial charge in [0.1, 0.15) is 5.75 Å². The Bertz CT molecular complexity index is 820. The summed E-state index contributed by atoms with van der Waals surface area (Å²) in [6.45, 7) is 6.77. The first-order valence-electron chi connectivity index (χ1n) is 9.45. The van der Waals surface area contributed by atoms with Crippen molar-refractivity contribution in [3.8, 4) is 11.8 Å². The van der Waals surface area contributed by atoms with E-state index in [1.165, 1.54) is 0 Å². The predicted molar refractivity (Wildman–Crippen MR) is 113 cm³/mol. The van der Waals surface area contributed by atoms with E-state index < -0.39 is 0 Å². The number of hydrogen-bond donors (Lipinski definition) is 0. The number of benzene rings is 2. The maximum absolute atomic E-state index is 13.1. The van der Waals surface area contributed by atoms with Crippen molar-refractivity contribution in [3.05, 3.63) is 59.2 Å². The molecule has 2 aromatic carbocycles. The van der Waals surface area contributed by atoms with E-state index in [1.807, 2.05) is 62.2 Å². The van der Waals surface area contributed by atoms with Crippen molar-refractivity contribution in [3.63, 3.8) is 0 Å². The first-order chi connectivity index (χ1) is 13.3. The zero-order valence-electron chi connectivity index (χ0n) is 17.4. The molecule has 1 atom stereocenters. The highest BCUT2D eigenvalue weighted by molar-refractivity contribution is 5.95. The van der Waals surface area contributed by atoms with Crippen LogP contribution in [0.3, 0.4) is 0 Å². The van der Waals surface area contributed by atoms with Gasteiger partial charge in [-0.25, -0.2) is 0 Å². The molecule has 0 fully saturated rings. The number of aryl methyl sites for hydroxylation is 2. The molecule has 0 saturated carbocycles. The van der Waals surface area contributed by atoms with Crippen LogP contribution in [-0.4, -0.2) is 38.1 Å². The van der Waals surface area contributed by atoms with Crippen LogP contribution in [0.5, 0.6) is 5.75 Å². The van der Waals surface area contributed by atoms with E-state index in [2.05, 4.69) is 19.1 Å². The molecule has 1 amide bonds. The summed E-state index contributed by atoms with van der Waals surface area (Å²) in [5.74, 6) is 0.801. The van der Waals surface area contributed by atoms with Gasteiger partial charge in [0.15, 0.2) is 0 Å². The van der Waals surface area contributed by atoms with E-state index in [0.29, 0.717) is 13.0 Å². The van der Waals surface area contributed by atoms with Crippen LogP contribution in [0, 0.1) is 25.2 Å². The Labute approximate surface area is 168 Å². The molecule has 0 radical (unpaired) electrons. The summed E-state index contributed by atoms with van der Waals surface area (Å²) >= 11 is 0. The number of ether oxygens (including phenoxy) is 1. The van der Waals surface area contributed by atoms with Crippen LogP contribution in [0.4, 0.5) is 5.69 Å². The number of nitrogens with zero attached hydrogens (tertiary/aromatic N) is 3. The Kier molecular flexibility index (Phi) is 7.60. The molecule has 0 aliphatic heterocycles. The standard InChI is InChI=1S/C23H29N3O2/c1-17-13-18(2)15-21(14-17)26(12-6-11-24)23(27)16-25(4)19(3)20-7-9-22(28-5)10-8-20/h7-10,13-15,19H,6,12,16H2,1-5H3. The van der Waals surface area contributed by atoms with Gasteiger partial charge < -0.3 is 9.64 Å². The Morgan fingerprint density at radius 1 is 1.14 bits per heavy atom. The Balaban J connectivity index is 2.15. The number of rotatable bonds is 8. The highest BCUT2D eigenvalue weighted by Gasteiger charge is 2.21. The number of amides is 1. The molecular formula is C23H29N3O2. The third-order valence-corrected chi connectivity index (χ3v) is 4.91. The van der Waals surface area contributed by atoms with Gasteiger partial charge in [-0.1, -0.05) is 18.2 Å². The molecule has 0 bridgehead atoms. The molecule has 0 saturated heterocycles. The van der Waals surface area contributed by atoms with Crippen LogP contribution in [0.25, 0.3) is 0 Å². The van der Waals surface area contributed by atoms with Gasteiger partial charge in [0.05, 0.1) is 26.1 Å². The van der Waals surface area contributed by atoms with Gasteiger partial charge >= 0.3 is 0 Å². The largest absolute Gasteiger partial charge is 0.497 e. The quantitative estimate of drug-likeness (QED) is 0.688. The molecule has 2 rings (SSSR count). The average Bonchev–Trinajstić information content (AvgIpc) is 2.67. The van der Waals surface area contributed by atoms with E-state index in [-0.39, 0.29) is 18.5 Å². The van der Waals surface area contributed by atoms with Crippen LogP contribution >= 0.6 is 0 Å². The van der Waals surface area contributed by atoms with E-state index in [0.717, 1.165) is 28.1 Å². The van der Waals surface area contributed by atoms with Gasteiger partial charge in [-0.15, -0.1) is 0 Å². The molecular weight excluding hydrogens is 350 g/mol. The van der Waals surface area contributed by atoms with E-state index >= 15 is 0 Å². The normalized spacial score (nSPS) is 11.8. The Morgan fingerprint density at radius 2 is 1.75 bits per heavy atom. The summed E-state index contributed by atoms with van der Waals surface area (Å²) in [6, 6.07) is 16.2. The number of carbonyl (C=O) groups is 1. The molecule has 0 heterocycles. The molecule has 0 spiro atoms. The highest BCUT2D eigenvalue weighted by Crippen LogP contribution is 2.23. The van der Waals surface area contributed by atoms with Crippen LogP contribution in [0.1, 0.15) is 36.1 Å². The molecule has 5 nitrogen and oxygen atoms in total. The fourth-order valence-corrected chi connectivity index (χ4v) is 3.24. The zero-order chi connectivity index (χ0) is 20.7. The van der Waals surface area contributed by atoms with Crippen molar-refractivity contribution >= 4 is 11.6 Å². The maximum atomic E-state index is 13.1. The summed E-state index contributed by atoms with van der Waals surface area (Å²) in [4.78, 5) is 16.8. The lowest BCUT2D eigenvalue weighted by molar-refractivity contribution is -0.119.